The number of pyridine rings is 1. The van der Waals surface area contributed by atoms with Gasteiger partial charge in [0.15, 0.2) is 11.0 Å². The van der Waals surface area contributed by atoms with E-state index < -0.39 is 0 Å². The molecule has 0 fully saturated rings. The first-order chi connectivity index (χ1) is 12.5. The lowest BCUT2D eigenvalue weighted by molar-refractivity contribution is -0.127. The molecule has 0 saturated heterocycles. The number of amides is 1. The average Bonchev–Trinajstić information content (AvgIpc) is 3.05. The number of nitrogens with zero attached hydrogens (tertiary/aromatic N) is 5. The van der Waals surface area contributed by atoms with Gasteiger partial charge in [-0.25, -0.2) is 0 Å². The van der Waals surface area contributed by atoms with E-state index in [0.29, 0.717) is 11.0 Å². The minimum absolute atomic E-state index is 0.0391. The van der Waals surface area contributed by atoms with Gasteiger partial charge in [0.25, 0.3) is 0 Å². The number of para-hydroxylation sites is 1. The smallest absolute Gasteiger partial charge is 0.235 e. The van der Waals surface area contributed by atoms with Gasteiger partial charge in [-0.2, -0.15) is 0 Å². The van der Waals surface area contributed by atoms with Crippen LogP contribution >= 0.6 is 11.8 Å². The lowest BCUT2D eigenvalue weighted by atomic mass is 10.2. The maximum absolute atomic E-state index is 12.3. The molecule has 3 aromatic rings. The Morgan fingerprint density at radius 2 is 1.92 bits per heavy atom. The molecule has 1 aromatic carbocycles. The van der Waals surface area contributed by atoms with Crippen LogP contribution < -0.4 is 0 Å². The summed E-state index contributed by atoms with van der Waals surface area (Å²) in [6.07, 6.45) is 3.49. The van der Waals surface area contributed by atoms with Crippen molar-refractivity contribution in [1.29, 1.82) is 0 Å². The lowest BCUT2D eigenvalue weighted by Crippen LogP contribution is -2.29. The van der Waals surface area contributed by atoms with Crippen molar-refractivity contribution in [2.45, 2.75) is 24.3 Å². The van der Waals surface area contributed by atoms with Gasteiger partial charge < -0.3 is 4.90 Å². The molecular formula is C19H21N5OS. The summed E-state index contributed by atoms with van der Waals surface area (Å²) in [4.78, 5) is 18.1. The topological polar surface area (TPSA) is 63.9 Å². The van der Waals surface area contributed by atoms with Crippen LogP contribution in [-0.2, 0) is 4.79 Å². The van der Waals surface area contributed by atoms with Gasteiger partial charge in [-0.05, 0) is 37.6 Å². The highest BCUT2D eigenvalue weighted by Gasteiger charge is 2.23. The van der Waals surface area contributed by atoms with Crippen molar-refractivity contribution in [2.75, 3.05) is 14.1 Å². The van der Waals surface area contributed by atoms with Crippen LogP contribution in [0.15, 0.2) is 53.9 Å². The predicted octanol–water partition coefficient (Wildman–Crippen LogP) is 3.21. The van der Waals surface area contributed by atoms with Gasteiger partial charge in [0.1, 0.15) is 0 Å². The summed E-state index contributed by atoms with van der Waals surface area (Å²) in [7, 11) is 3.51. The Morgan fingerprint density at radius 3 is 2.58 bits per heavy atom. The molecule has 7 heteroatoms. The van der Waals surface area contributed by atoms with Crippen LogP contribution in [0.3, 0.4) is 0 Å². The molecule has 1 unspecified atom stereocenters. The fourth-order valence-corrected chi connectivity index (χ4v) is 3.64. The number of benzene rings is 1. The second kappa shape index (κ2) is 7.70. The van der Waals surface area contributed by atoms with E-state index in [2.05, 4.69) is 15.2 Å². The minimum atomic E-state index is -0.265. The number of hydrogen-bond acceptors (Lipinski definition) is 5. The molecule has 6 nitrogen and oxygen atoms in total. The van der Waals surface area contributed by atoms with Gasteiger partial charge in [0, 0.05) is 32.1 Å². The van der Waals surface area contributed by atoms with Crippen molar-refractivity contribution in [1.82, 2.24) is 24.6 Å². The molecular weight excluding hydrogens is 346 g/mol. The summed E-state index contributed by atoms with van der Waals surface area (Å²) >= 11 is 1.40. The molecule has 1 atom stereocenters. The Labute approximate surface area is 157 Å². The second-order valence-corrected chi connectivity index (χ2v) is 7.47. The van der Waals surface area contributed by atoms with Gasteiger partial charge in [-0.15, -0.1) is 10.2 Å². The van der Waals surface area contributed by atoms with Gasteiger partial charge in [-0.3, -0.25) is 14.3 Å². The fraction of sp³-hybridized carbons (Fsp3) is 0.263. The van der Waals surface area contributed by atoms with Crippen LogP contribution in [0.4, 0.5) is 0 Å². The summed E-state index contributed by atoms with van der Waals surface area (Å²) in [5.41, 5.74) is 2.97. The summed E-state index contributed by atoms with van der Waals surface area (Å²) in [5.74, 6) is 0.747. The van der Waals surface area contributed by atoms with E-state index in [4.69, 9.17) is 0 Å². The van der Waals surface area contributed by atoms with E-state index >= 15 is 0 Å². The number of thioether (sulfide) groups is 1. The third-order valence-electron chi connectivity index (χ3n) is 3.98. The maximum Gasteiger partial charge on any atom is 0.235 e. The molecule has 0 N–H and O–H groups in total. The summed E-state index contributed by atoms with van der Waals surface area (Å²) in [6.45, 7) is 3.93. The molecule has 0 aliphatic carbocycles. The molecule has 0 bridgehead atoms. The van der Waals surface area contributed by atoms with Gasteiger partial charge in [0.05, 0.1) is 10.9 Å². The van der Waals surface area contributed by atoms with Crippen LogP contribution in [0.2, 0.25) is 0 Å². The number of hydrogen-bond donors (Lipinski definition) is 0. The SMILES string of the molecule is Cc1ccccc1-n1c(SC(C)C(=O)N(C)C)nnc1-c1cccnc1. The number of rotatable bonds is 5. The highest BCUT2D eigenvalue weighted by molar-refractivity contribution is 8.00. The Kier molecular flexibility index (Phi) is 5.37. The quantitative estimate of drug-likeness (QED) is 0.648. The van der Waals surface area contributed by atoms with E-state index in [1.54, 1.807) is 31.4 Å². The van der Waals surface area contributed by atoms with Crippen molar-refractivity contribution in [3.8, 4) is 17.1 Å². The van der Waals surface area contributed by atoms with Crippen molar-refractivity contribution in [3.05, 3.63) is 54.4 Å². The first-order valence-electron chi connectivity index (χ1n) is 8.28. The van der Waals surface area contributed by atoms with Crippen LogP contribution in [0.25, 0.3) is 17.1 Å². The van der Waals surface area contributed by atoms with E-state index in [-0.39, 0.29) is 11.2 Å². The van der Waals surface area contributed by atoms with Crippen molar-refractivity contribution < 1.29 is 4.79 Å². The average molecular weight is 367 g/mol. The van der Waals surface area contributed by atoms with Crippen LogP contribution in [-0.4, -0.2) is 49.9 Å². The zero-order chi connectivity index (χ0) is 18.7. The molecule has 134 valence electrons. The third kappa shape index (κ3) is 3.62. The number of carbonyl (C=O) groups excluding carboxylic acids is 1. The monoisotopic (exact) mass is 367 g/mol. The van der Waals surface area contributed by atoms with E-state index in [9.17, 15) is 4.79 Å². The predicted molar refractivity (Wildman–Crippen MR) is 103 cm³/mol. The maximum atomic E-state index is 12.3. The highest BCUT2D eigenvalue weighted by Crippen LogP contribution is 2.31. The highest BCUT2D eigenvalue weighted by atomic mass is 32.2. The molecule has 3 rings (SSSR count). The second-order valence-electron chi connectivity index (χ2n) is 6.16. The molecule has 0 saturated carbocycles. The molecule has 2 aromatic heterocycles. The number of aryl methyl sites for hydroxylation is 1. The summed E-state index contributed by atoms with van der Waals surface area (Å²) < 4.78 is 2.00. The van der Waals surface area contributed by atoms with Crippen LogP contribution in [0.5, 0.6) is 0 Å². The molecule has 2 heterocycles. The molecule has 0 spiro atoms. The third-order valence-corrected chi connectivity index (χ3v) is 5.01. The first kappa shape index (κ1) is 18.1. The van der Waals surface area contributed by atoms with Gasteiger partial charge >= 0.3 is 0 Å². The fourth-order valence-electron chi connectivity index (χ4n) is 2.63. The molecule has 26 heavy (non-hydrogen) atoms. The zero-order valence-electron chi connectivity index (χ0n) is 15.2. The van der Waals surface area contributed by atoms with Gasteiger partial charge in [-0.1, -0.05) is 30.0 Å². The molecule has 1 amide bonds. The Morgan fingerprint density at radius 1 is 1.15 bits per heavy atom. The Hall–Kier alpha value is -2.67. The zero-order valence-corrected chi connectivity index (χ0v) is 16.1. The van der Waals surface area contributed by atoms with Gasteiger partial charge in [0.2, 0.25) is 5.91 Å². The van der Waals surface area contributed by atoms with Crippen LogP contribution in [0, 0.1) is 6.92 Å². The first-order valence-corrected chi connectivity index (χ1v) is 9.16. The largest absolute Gasteiger partial charge is 0.348 e. The number of aromatic nitrogens is 4. The summed E-state index contributed by atoms with van der Waals surface area (Å²) in [6, 6.07) is 11.9. The van der Waals surface area contributed by atoms with Crippen LogP contribution in [0.1, 0.15) is 12.5 Å². The van der Waals surface area contributed by atoms with Crippen molar-refractivity contribution >= 4 is 17.7 Å². The van der Waals surface area contributed by atoms with Crippen molar-refractivity contribution in [3.63, 3.8) is 0 Å². The van der Waals surface area contributed by atoms with E-state index in [1.165, 1.54) is 11.8 Å². The lowest BCUT2D eigenvalue weighted by Gasteiger charge is -2.17. The molecule has 0 aliphatic heterocycles. The van der Waals surface area contributed by atoms with E-state index in [0.717, 1.165) is 16.8 Å². The Balaban J connectivity index is 2.10. The summed E-state index contributed by atoms with van der Waals surface area (Å²) in [5, 5.41) is 9.17. The number of carbonyl (C=O) groups is 1. The standard InChI is InChI=1S/C19H21N5OS/c1-13-8-5-6-10-16(13)24-17(15-9-7-11-20-12-15)21-22-19(24)26-14(2)18(25)23(3)4/h5-12,14H,1-4H3. The normalized spacial score (nSPS) is 12.0. The van der Waals surface area contributed by atoms with E-state index in [1.807, 2.05) is 54.8 Å². The Bertz CT molecular complexity index is 907. The minimum Gasteiger partial charge on any atom is -0.348 e. The molecule has 0 radical (unpaired) electrons. The molecule has 0 aliphatic rings. The van der Waals surface area contributed by atoms with Crippen molar-refractivity contribution in [2.24, 2.45) is 0 Å².